The standard InChI is InChI=1S/C15H12Cl2N4O6/c1-8(27-14-5-2-9(16)6-11(14)17)15(22)19-18-12-4-3-10(20(23)24)7-13(12)21(25)26/h2-8,18H,1H3,(H,19,22). The molecular weight excluding hydrogens is 403 g/mol. The number of non-ortho nitro benzene ring substituents is 1. The highest BCUT2D eigenvalue weighted by Gasteiger charge is 2.21. The lowest BCUT2D eigenvalue weighted by molar-refractivity contribution is -0.393. The van der Waals surface area contributed by atoms with Crippen molar-refractivity contribution in [3.8, 4) is 5.75 Å². The molecule has 2 N–H and O–H groups in total. The zero-order valence-electron chi connectivity index (χ0n) is 13.6. The topological polar surface area (TPSA) is 137 Å². The van der Waals surface area contributed by atoms with Gasteiger partial charge in [-0.2, -0.15) is 0 Å². The van der Waals surface area contributed by atoms with Gasteiger partial charge in [-0.1, -0.05) is 23.2 Å². The molecule has 0 aliphatic rings. The Bertz CT molecular complexity index is 908. The van der Waals surface area contributed by atoms with Crippen molar-refractivity contribution >= 4 is 46.2 Å². The van der Waals surface area contributed by atoms with Gasteiger partial charge in [0.2, 0.25) is 0 Å². The van der Waals surface area contributed by atoms with Crippen molar-refractivity contribution < 1.29 is 19.4 Å². The summed E-state index contributed by atoms with van der Waals surface area (Å²) in [5, 5.41) is 22.4. The Morgan fingerprint density at radius 1 is 1.11 bits per heavy atom. The predicted octanol–water partition coefficient (Wildman–Crippen LogP) is 3.72. The van der Waals surface area contributed by atoms with Crippen LogP contribution in [0.5, 0.6) is 5.75 Å². The second-order valence-electron chi connectivity index (χ2n) is 5.16. The van der Waals surface area contributed by atoms with Gasteiger partial charge in [0.1, 0.15) is 11.4 Å². The lowest BCUT2D eigenvalue weighted by Gasteiger charge is -2.16. The number of rotatable bonds is 7. The number of halogens is 2. The monoisotopic (exact) mass is 414 g/mol. The molecule has 142 valence electrons. The molecule has 0 fully saturated rings. The predicted molar refractivity (Wildman–Crippen MR) is 98.1 cm³/mol. The summed E-state index contributed by atoms with van der Waals surface area (Å²) < 4.78 is 5.41. The van der Waals surface area contributed by atoms with Crippen LogP contribution in [0.15, 0.2) is 36.4 Å². The number of hydrogen-bond acceptors (Lipinski definition) is 7. The van der Waals surface area contributed by atoms with Gasteiger partial charge in [0.25, 0.3) is 11.6 Å². The molecule has 0 saturated carbocycles. The molecule has 2 aromatic rings. The second kappa shape index (κ2) is 8.52. The van der Waals surface area contributed by atoms with E-state index in [9.17, 15) is 25.0 Å². The van der Waals surface area contributed by atoms with Gasteiger partial charge in [-0.05, 0) is 31.2 Å². The fourth-order valence-corrected chi connectivity index (χ4v) is 2.39. The number of nitro benzene ring substituents is 2. The van der Waals surface area contributed by atoms with Crippen LogP contribution in [0.4, 0.5) is 17.1 Å². The molecule has 27 heavy (non-hydrogen) atoms. The van der Waals surface area contributed by atoms with E-state index in [1.54, 1.807) is 0 Å². The minimum Gasteiger partial charge on any atom is -0.479 e. The van der Waals surface area contributed by atoms with Gasteiger partial charge in [0.05, 0.1) is 20.9 Å². The van der Waals surface area contributed by atoms with E-state index in [-0.39, 0.29) is 16.5 Å². The fourth-order valence-electron chi connectivity index (χ4n) is 1.94. The van der Waals surface area contributed by atoms with E-state index in [0.29, 0.717) is 5.02 Å². The van der Waals surface area contributed by atoms with Crippen LogP contribution in [0, 0.1) is 20.2 Å². The summed E-state index contributed by atoms with van der Waals surface area (Å²) in [5.41, 5.74) is 3.44. The van der Waals surface area contributed by atoms with Crippen LogP contribution < -0.4 is 15.6 Å². The third-order valence-electron chi connectivity index (χ3n) is 3.28. The molecule has 0 bridgehead atoms. The third kappa shape index (κ3) is 5.19. The van der Waals surface area contributed by atoms with Crippen LogP contribution in [0.3, 0.4) is 0 Å². The first-order valence-electron chi connectivity index (χ1n) is 7.29. The number of amides is 1. The number of carbonyl (C=O) groups is 1. The summed E-state index contributed by atoms with van der Waals surface area (Å²) in [5.74, 6) is -0.432. The Morgan fingerprint density at radius 3 is 2.41 bits per heavy atom. The first-order chi connectivity index (χ1) is 12.7. The van der Waals surface area contributed by atoms with Crippen molar-refractivity contribution in [2.75, 3.05) is 5.43 Å². The summed E-state index contributed by atoms with van der Waals surface area (Å²) in [6.45, 7) is 1.44. The molecular formula is C15H12Cl2N4O6. The molecule has 0 spiro atoms. The van der Waals surface area contributed by atoms with E-state index >= 15 is 0 Å². The van der Waals surface area contributed by atoms with Crippen LogP contribution in [0.2, 0.25) is 10.0 Å². The summed E-state index contributed by atoms with van der Waals surface area (Å²) in [6, 6.07) is 7.42. The van der Waals surface area contributed by atoms with Crippen molar-refractivity contribution in [2.24, 2.45) is 0 Å². The van der Waals surface area contributed by atoms with E-state index < -0.39 is 33.2 Å². The maximum absolute atomic E-state index is 12.1. The summed E-state index contributed by atoms with van der Waals surface area (Å²) in [4.78, 5) is 32.3. The molecule has 0 aliphatic heterocycles. The van der Waals surface area contributed by atoms with Crippen molar-refractivity contribution in [3.63, 3.8) is 0 Å². The normalized spacial score (nSPS) is 11.4. The van der Waals surface area contributed by atoms with Gasteiger partial charge in [0, 0.05) is 11.1 Å². The maximum atomic E-state index is 12.1. The number of hydrazine groups is 1. The highest BCUT2D eigenvalue weighted by Crippen LogP contribution is 2.29. The van der Waals surface area contributed by atoms with E-state index in [0.717, 1.165) is 18.2 Å². The summed E-state index contributed by atoms with van der Waals surface area (Å²) in [7, 11) is 0. The summed E-state index contributed by atoms with van der Waals surface area (Å²) >= 11 is 11.7. The average molecular weight is 415 g/mol. The lowest BCUT2D eigenvalue weighted by atomic mass is 10.2. The molecule has 12 heteroatoms. The van der Waals surface area contributed by atoms with E-state index in [4.69, 9.17) is 27.9 Å². The van der Waals surface area contributed by atoms with Gasteiger partial charge >= 0.3 is 5.69 Å². The largest absolute Gasteiger partial charge is 0.479 e. The smallest absolute Gasteiger partial charge is 0.300 e. The van der Waals surface area contributed by atoms with E-state index in [1.807, 2.05) is 0 Å². The molecule has 1 amide bonds. The Labute approximate surface area is 162 Å². The number of anilines is 1. The SMILES string of the molecule is CC(Oc1ccc(Cl)cc1Cl)C(=O)NNc1ccc([N+](=O)[O-])cc1[N+](=O)[O-]. The fraction of sp³-hybridized carbons (Fsp3) is 0.133. The first kappa shape index (κ1) is 20.2. The van der Waals surface area contributed by atoms with E-state index in [1.165, 1.54) is 25.1 Å². The van der Waals surface area contributed by atoms with Crippen LogP contribution in [-0.4, -0.2) is 21.9 Å². The van der Waals surface area contributed by atoms with Gasteiger partial charge in [-0.15, -0.1) is 0 Å². The number of ether oxygens (including phenoxy) is 1. The van der Waals surface area contributed by atoms with Crippen molar-refractivity contribution in [1.82, 2.24) is 5.43 Å². The van der Waals surface area contributed by atoms with Crippen LogP contribution >= 0.6 is 23.2 Å². The Kier molecular flexibility index (Phi) is 6.37. The first-order valence-corrected chi connectivity index (χ1v) is 8.05. The third-order valence-corrected chi connectivity index (χ3v) is 3.81. The summed E-state index contributed by atoms with van der Waals surface area (Å²) in [6.07, 6.45) is -1.01. The zero-order chi connectivity index (χ0) is 20.1. The van der Waals surface area contributed by atoms with Crippen LogP contribution in [-0.2, 0) is 4.79 Å². The maximum Gasteiger partial charge on any atom is 0.300 e. The minimum absolute atomic E-state index is 0.129. The molecule has 1 unspecified atom stereocenters. The number of benzene rings is 2. The Balaban J connectivity index is 2.06. The van der Waals surface area contributed by atoms with Crippen molar-refractivity contribution in [1.29, 1.82) is 0 Å². The van der Waals surface area contributed by atoms with Crippen LogP contribution in [0.25, 0.3) is 0 Å². The molecule has 10 nitrogen and oxygen atoms in total. The number of nitrogens with one attached hydrogen (secondary N) is 2. The van der Waals surface area contributed by atoms with Crippen molar-refractivity contribution in [2.45, 2.75) is 13.0 Å². The number of nitro groups is 2. The van der Waals surface area contributed by atoms with E-state index in [2.05, 4.69) is 10.9 Å². The Morgan fingerprint density at radius 2 is 1.81 bits per heavy atom. The second-order valence-corrected chi connectivity index (χ2v) is 6.01. The number of carbonyl (C=O) groups excluding carboxylic acids is 1. The van der Waals surface area contributed by atoms with Gasteiger partial charge in [0.15, 0.2) is 6.10 Å². The molecule has 0 heterocycles. The number of nitrogens with zero attached hydrogens (tertiary/aromatic N) is 2. The molecule has 1 atom stereocenters. The highest BCUT2D eigenvalue weighted by atomic mass is 35.5. The number of hydrogen-bond donors (Lipinski definition) is 2. The zero-order valence-corrected chi connectivity index (χ0v) is 15.2. The Hall–Kier alpha value is -3.11. The van der Waals surface area contributed by atoms with Gasteiger partial charge < -0.3 is 4.74 Å². The van der Waals surface area contributed by atoms with Crippen LogP contribution in [0.1, 0.15) is 6.92 Å². The molecule has 0 radical (unpaired) electrons. The average Bonchev–Trinajstić information content (AvgIpc) is 2.61. The molecule has 0 saturated heterocycles. The lowest BCUT2D eigenvalue weighted by Crippen LogP contribution is -2.39. The molecule has 0 aliphatic carbocycles. The highest BCUT2D eigenvalue weighted by molar-refractivity contribution is 6.35. The molecule has 0 aromatic heterocycles. The molecule has 2 rings (SSSR count). The van der Waals surface area contributed by atoms with Gasteiger partial charge in [-0.25, -0.2) is 0 Å². The minimum atomic E-state index is -1.01. The van der Waals surface area contributed by atoms with Gasteiger partial charge in [-0.3, -0.25) is 35.9 Å². The quantitative estimate of drug-likeness (QED) is 0.519. The molecule has 2 aromatic carbocycles. The van der Waals surface area contributed by atoms with Crippen molar-refractivity contribution in [3.05, 3.63) is 66.7 Å².